The van der Waals surface area contributed by atoms with Crippen LogP contribution in [0.2, 0.25) is 0 Å². The van der Waals surface area contributed by atoms with Gasteiger partial charge in [0, 0.05) is 47.7 Å². The van der Waals surface area contributed by atoms with E-state index in [2.05, 4.69) is 35.4 Å². The number of carbonyl (C=O) groups excluding carboxylic acids is 1. The largest absolute Gasteiger partial charge is 0.351 e. The van der Waals surface area contributed by atoms with Gasteiger partial charge in [0.25, 0.3) is 5.91 Å². The molecule has 0 bridgehead atoms. The van der Waals surface area contributed by atoms with Crippen LogP contribution < -0.4 is 5.32 Å². The van der Waals surface area contributed by atoms with Crippen LogP contribution in [0, 0.1) is 11.3 Å². The minimum Gasteiger partial charge on any atom is -0.351 e. The zero-order valence-corrected chi connectivity index (χ0v) is 21.0. The van der Waals surface area contributed by atoms with Crippen molar-refractivity contribution in [2.45, 2.75) is 31.2 Å². The number of hydrogen-bond acceptors (Lipinski definition) is 5. The average molecular weight is 497 g/mol. The lowest BCUT2D eigenvalue weighted by Gasteiger charge is -2.05. The van der Waals surface area contributed by atoms with E-state index in [9.17, 15) is 10.1 Å². The lowest BCUT2D eigenvalue weighted by atomic mass is 10.1. The van der Waals surface area contributed by atoms with Gasteiger partial charge in [0.15, 0.2) is 0 Å². The number of aromatic nitrogens is 4. The molecule has 2 heterocycles. The summed E-state index contributed by atoms with van der Waals surface area (Å²) in [6.07, 6.45) is 10.7. The lowest BCUT2D eigenvalue weighted by Crippen LogP contribution is -2.26. The molecule has 1 amide bonds. The van der Waals surface area contributed by atoms with Crippen LogP contribution in [0.15, 0.2) is 90.0 Å². The lowest BCUT2D eigenvalue weighted by molar-refractivity contribution is -0.117. The number of nitrogens with one attached hydrogen (secondary N) is 1. The second kappa shape index (κ2) is 12.6. The number of thioether (sulfide) groups is 1. The monoisotopic (exact) mass is 496 g/mol. The van der Waals surface area contributed by atoms with E-state index in [1.165, 1.54) is 4.90 Å². The third-order valence-electron chi connectivity index (χ3n) is 5.47. The van der Waals surface area contributed by atoms with Gasteiger partial charge in [0.1, 0.15) is 11.6 Å². The normalized spacial score (nSPS) is 11.3. The van der Waals surface area contributed by atoms with Crippen molar-refractivity contribution in [2.24, 2.45) is 0 Å². The van der Waals surface area contributed by atoms with E-state index in [0.29, 0.717) is 17.8 Å². The second-order valence-electron chi connectivity index (χ2n) is 8.17. The molecule has 1 N–H and O–H groups in total. The Labute approximate surface area is 215 Å². The molecular weight excluding hydrogens is 468 g/mol. The number of amides is 1. The molecule has 0 spiro atoms. The summed E-state index contributed by atoms with van der Waals surface area (Å²) in [6, 6.07) is 20.1. The Morgan fingerprint density at radius 1 is 1.17 bits per heavy atom. The number of rotatable bonds is 11. The summed E-state index contributed by atoms with van der Waals surface area (Å²) in [5.41, 5.74) is 3.29. The highest BCUT2D eigenvalue weighted by Gasteiger charge is 2.15. The van der Waals surface area contributed by atoms with Crippen LogP contribution in [-0.2, 0) is 11.3 Å². The van der Waals surface area contributed by atoms with Crippen molar-refractivity contribution in [3.8, 4) is 23.0 Å². The zero-order chi connectivity index (χ0) is 25.2. The Hall–Kier alpha value is -4.09. The van der Waals surface area contributed by atoms with Crippen LogP contribution in [0.1, 0.15) is 25.3 Å². The van der Waals surface area contributed by atoms with Crippen LogP contribution in [-0.4, -0.2) is 37.5 Å². The number of carbonyl (C=O) groups is 1. The molecule has 4 aromatic rings. The number of hydrogen-bond donors (Lipinski definition) is 1. The quantitative estimate of drug-likeness (QED) is 0.131. The molecule has 182 valence electrons. The summed E-state index contributed by atoms with van der Waals surface area (Å²) in [5.74, 6) is 0.673. The molecule has 0 atom stereocenters. The topological polar surface area (TPSA) is 88.5 Å². The first kappa shape index (κ1) is 25.0. The molecule has 8 heteroatoms. The molecule has 4 rings (SSSR count). The van der Waals surface area contributed by atoms with Gasteiger partial charge in [-0.1, -0.05) is 37.3 Å². The molecule has 36 heavy (non-hydrogen) atoms. The van der Waals surface area contributed by atoms with E-state index in [-0.39, 0.29) is 5.57 Å². The first-order chi connectivity index (χ1) is 17.7. The van der Waals surface area contributed by atoms with E-state index in [1.807, 2.05) is 71.2 Å². The first-order valence-electron chi connectivity index (χ1n) is 11.9. The highest BCUT2D eigenvalue weighted by Crippen LogP contribution is 2.28. The Kier molecular flexibility index (Phi) is 8.73. The number of benzene rings is 2. The Bertz CT molecular complexity index is 1340. The molecule has 0 unspecified atom stereocenters. The van der Waals surface area contributed by atoms with Gasteiger partial charge < -0.3 is 9.88 Å². The van der Waals surface area contributed by atoms with Gasteiger partial charge in [-0.25, -0.2) is 9.67 Å². The fraction of sp³-hybridized carbons (Fsp3) is 0.214. The average Bonchev–Trinajstić information content (AvgIpc) is 3.59. The van der Waals surface area contributed by atoms with Crippen molar-refractivity contribution in [3.05, 3.63) is 90.7 Å². The van der Waals surface area contributed by atoms with Crippen LogP contribution in [0.3, 0.4) is 0 Å². The van der Waals surface area contributed by atoms with Crippen LogP contribution in [0.4, 0.5) is 0 Å². The van der Waals surface area contributed by atoms with Gasteiger partial charge >= 0.3 is 0 Å². The van der Waals surface area contributed by atoms with E-state index >= 15 is 0 Å². The molecule has 0 aliphatic heterocycles. The van der Waals surface area contributed by atoms with Crippen molar-refractivity contribution in [2.75, 3.05) is 12.3 Å². The maximum Gasteiger partial charge on any atom is 0.261 e. The minimum atomic E-state index is -0.396. The maximum absolute atomic E-state index is 12.8. The standard InChI is InChI=1S/C28H28N6OS/c1-2-17-36-26-11-9-22(10-12-26)27-24(20-34(32-27)25-7-4-3-5-8-25)18-23(19-29)28(35)31-13-6-15-33-16-14-30-21-33/h3-5,7-12,14,16,18,20-21H,2,6,13,15,17H2,1H3,(H,31,35)/b23-18+. The molecule has 2 aromatic heterocycles. The maximum atomic E-state index is 12.8. The summed E-state index contributed by atoms with van der Waals surface area (Å²) in [5, 5.41) is 17.4. The fourth-order valence-corrected chi connectivity index (χ4v) is 4.41. The molecule has 2 aromatic carbocycles. The summed E-state index contributed by atoms with van der Waals surface area (Å²) in [4.78, 5) is 18.0. The van der Waals surface area contributed by atoms with Crippen molar-refractivity contribution in [1.29, 1.82) is 5.26 Å². The van der Waals surface area contributed by atoms with Gasteiger partial charge in [-0.15, -0.1) is 11.8 Å². The van der Waals surface area contributed by atoms with E-state index in [1.54, 1.807) is 23.3 Å². The van der Waals surface area contributed by atoms with E-state index in [0.717, 1.165) is 36.4 Å². The third-order valence-corrected chi connectivity index (χ3v) is 6.68. The first-order valence-corrected chi connectivity index (χ1v) is 12.9. The second-order valence-corrected chi connectivity index (χ2v) is 9.33. The van der Waals surface area contributed by atoms with Gasteiger partial charge in [-0.05, 0) is 48.9 Å². The smallest absolute Gasteiger partial charge is 0.261 e. The number of nitriles is 1. The van der Waals surface area contributed by atoms with E-state index in [4.69, 9.17) is 5.10 Å². The summed E-state index contributed by atoms with van der Waals surface area (Å²) >= 11 is 1.82. The number of aryl methyl sites for hydroxylation is 1. The zero-order valence-electron chi connectivity index (χ0n) is 20.2. The molecule has 0 saturated carbocycles. The molecule has 0 radical (unpaired) electrons. The van der Waals surface area contributed by atoms with Crippen LogP contribution in [0.25, 0.3) is 23.0 Å². The Morgan fingerprint density at radius 2 is 1.97 bits per heavy atom. The van der Waals surface area contributed by atoms with Crippen molar-refractivity contribution < 1.29 is 4.79 Å². The predicted octanol–water partition coefficient (Wildman–Crippen LogP) is 5.35. The molecule has 0 fully saturated rings. The van der Waals surface area contributed by atoms with Crippen LogP contribution in [0.5, 0.6) is 0 Å². The number of imidazole rings is 1. The molecule has 0 aliphatic carbocycles. The summed E-state index contributed by atoms with van der Waals surface area (Å²) < 4.78 is 3.72. The predicted molar refractivity (Wildman–Crippen MR) is 143 cm³/mol. The third kappa shape index (κ3) is 6.52. The van der Waals surface area contributed by atoms with Crippen LogP contribution >= 0.6 is 11.8 Å². The Balaban J connectivity index is 1.57. The van der Waals surface area contributed by atoms with Gasteiger partial charge in [0.2, 0.25) is 0 Å². The molecule has 7 nitrogen and oxygen atoms in total. The van der Waals surface area contributed by atoms with Gasteiger partial charge in [-0.3, -0.25) is 4.79 Å². The molecule has 0 saturated heterocycles. The number of para-hydroxylation sites is 1. The van der Waals surface area contributed by atoms with Gasteiger partial charge in [-0.2, -0.15) is 10.4 Å². The van der Waals surface area contributed by atoms with Crippen molar-refractivity contribution in [1.82, 2.24) is 24.6 Å². The summed E-state index contributed by atoms with van der Waals surface area (Å²) in [7, 11) is 0. The molecule has 0 aliphatic rings. The minimum absolute atomic E-state index is 0.0432. The highest BCUT2D eigenvalue weighted by molar-refractivity contribution is 7.99. The van der Waals surface area contributed by atoms with E-state index < -0.39 is 5.91 Å². The van der Waals surface area contributed by atoms with Gasteiger partial charge in [0.05, 0.1) is 17.7 Å². The fourth-order valence-electron chi connectivity index (χ4n) is 3.64. The Morgan fingerprint density at radius 3 is 2.67 bits per heavy atom. The summed E-state index contributed by atoms with van der Waals surface area (Å²) in [6.45, 7) is 3.37. The molecular formula is C28H28N6OS. The SMILES string of the molecule is CCCSc1ccc(-c2nn(-c3ccccc3)cc2/C=C(\C#N)C(=O)NCCCn2ccnc2)cc1. The van der Waals surface area contributed by atoms with Crippen molar-refractivity contribution >= 4 is 23.7 Å². The van der Waals surface area contributed by atoms with Crippen molar-refractivity contribution in [3.63, 3.8) is 0 Å². The highest BCUT2D eigenvalue weighted by atomic mass is 32.2. The number of nitrogens with zero attached hydrogens (tertiary/aromatic N) is 5.